The van der Waals surface area contributed by atoms with Crippen molar-refractivity contribution in [1.82, 2.24) is 4.90 Å². The van der Waals surface area contributed by atoms with Crippen LogP contribution in [-0.4, -0.2) is 35.6 Å². The molecule has 1 amide bonds. The number of carbonyl (C=O) groups is 1. The standard InChI is InChI=1S/C12H21F3N2O/c1-2-7-17(9-12(13,14)15)10(18)8-11(16)5-3-4-6-11/h2-9,16H2,1H3. The first-order chi connectivity index (χ1) is 8.26. The first kappa shape index (κ1) is 15.3. The van der Waals surface area contributed by atoms with Crippen LogP contribution < -0.4 is 5.73 Å². The summed E-state index contributed by atoms with van der Waals surface area (Å²) >= 11 is 0. The van der Waals surface area contributed by atoms with E-state index in [1.54, 1.807) is 6.92 Å². The summed E-state index contributed by atoms with van der Waals surface area (Å²) in [6.07, 6.45) is -0.437. The predicted molar refractivity (Wildman–Crippen MR) is 62.9 cm³/mol. The summed E-state index contributed by atoms with van der Waals surface area (Å²) < 4.78 is 37.1. The summed E-state index contributed by atoms with van der Waals surface area (Å²) in [5, 5.41) is 0. The van der Waals surface area contributed by atoms with Crippen molar-refractivity contribution in [2.45, 2.75) is 57.2 Å². The lowest BCUT2D eigenvalue weighted by molar-refractivity contribution is -0.162. The zero-order chi connectivity index (χ0) is 13.8. The molecule has 0 heterocycles. The van der Waals surface area contributed by atoms with E-state index in [4.69, 9.17) is 5.73 Å². The molecule has 0 unspecified atom stereocenters. The highest BCUT2D eigenvalue weighted by atomic mass is 19.4. The molecule has 0 aromatic rings. The molecule has 1 aliphatic rings. The molecule has 2 N–H and O–H groups in total. The highest BCUT2D eigenvalue weighted by Gasteiger charge is 2.37. The van der Waals surface area contributed by atoms with Gasteiger partial charge in [-0.1, -0.05) is 19.8 Å². The maximum absolute atomic E-state index is 12.4. The fourth-order valence-electron chi connectivity index (χ4n) is 2.45. The molecule has 0 aromatic heterocycles. The van der Waals surface area contributed by atoms with Gasteiger partial charge in [-0.2, -0.15) is 13.2 Å². The maximum atomic E-state index is 12.4. The molecule has 1 aliphatic carbocycles. The molecular weight excluding hydrogens is 245 g/mol. The first-order valence-electron chi connectivity index (χ1n) is 6.39. The topological polar surface area (TPSA) is 46.3 Å². The van der Waals surface area contributed by atoms with Crippen LogP contribution in [0.25, 0.3) is 0 Å². The minimum absolute atomic E-state index is 0.0308. The van der Waals surface area contributed by atoms with Crippen LogP contribution in [0.1, 0.15) is 45.4 Å². The van der Waals surface area contributed by atoms with Gasteiger partial charge in [0, 0.05) is 18.5 Å². The number of carbonyl (C=O) groups excluding carboxylic acids is 1. The maximum Gasteiger partial charge on any atom is 0.406 e. The third kappa shape index (κ3) is 4.84. The molecule has 3 nitrogen and oxygen atoms in total. The van der Waals surface area contributed by atoms with Crippen molar-refractivity contribution >= 4 is 5.91 Å². The quantitative estimate of drug-likeness (QED) is 0.830. The molecule has 0 spiro atoms. The van der Waals surface area contributed by atoms with Crippen LogP contribution in [0.2, 0.25) is 0 Å². The number of rotatable bonds is 5. The van der Waals surface area contributed by atoms with E-state index in [-0.39, 0.29) is 13.0 Å². The van der Waals surface area contributed by atoms with Crippen LogP contribution in [0.3, 0.4) is 0 Å². The van der Waals surface area contributed by atoms with Crippen molar-refractivity contribution in [2.24, 2.45) is 5.73 Å². The monoisotopic (exact) mass is 266 g/mol. The zero-order valence-corrected chi connectivity index (χ0v) is 10.7. The van der Waals surface area contributed by atoms with Gasteiger partial charge in [-0.3, -0.25) is 4.79 Å². The number of halogens is 3. The van der Waals surface area contributed by atoms with E-state index in [1.165, 1.54) is 0 Å². The SMILES string of the molecule is CCCN(CC(F)(F)F)C(=O)CC1(N)CCCC1. The number of alkyl halides is 3. The fraction of sp³-hybridized carbons (Fsp3) is 0.917. The number of amides is 1. The average molecular weight is 266 g/mol. The Morgan fingerprint density at radius 1 is 1.33 bits per heavy atom. The van der Waals surface area contributed by atoms with Gasteiger partial charge >= 0.3 is 6.18 Å². The van der Waals surface area contributed by atoms with Gasteiger partial charge in [0.1, 0.15) is 6.54 Å². The summed E-state index contributed by atoms with van der Waals surface area (Å²) in [4.78, 5) is 12.8. The van der Waals surface area contributed by atoms with Crippen LogP contribution in [0.5, 0.6) is 0 Å². The Morgan fingerprint density at radius 2 is 1.89 bits per heavy atom. The van der Waals surface area contributed by atoms with E-state index < -0.39 is 24.2 Å². The van der Waals surface area contributed by atoms with Crippen LogP contribution in [0.4, 0.5) is 13.2 Å². The summed E-state index contributed by atoms with van der Waals surface area (Å²) in [7, 11) is 0. The summed E-state index contributed by atoms with van der Waals surface area (Å²) in [5.74, 6) is -0.474. The Labute approximate surface area is 106 Å². The molecule has 0 aromatic carbocycles. The molecule has 0 radical (unpaired) electrons. The van der Waals surface area contributed by atoms with E-state index >= 15 is 0 Å². The third-order valence-corrected chi connectivity index (χ3v) is 3.32. The van der Waals surface area contributed by atoms with Crippen molar-refractivity contribution < 1.29 is 18.0 Å². The molecule has 18 heavy (non-hydrogen) atoms. The van der Waals surface area contributed by atoms with E-state index in [0.717, 1.165) is 30.6 Å². The van der Waals surface area contributed by atoms with Crippen molar-refractivity contribution in [1.29, 1.82) is 0 Å². The lowest BCUT2D eigenvalue weighted by atomic mass is 9.94. The van der Waals surface area contributed by atoms with Gasteiger partial charge in [-0.15, -0.1) is 0 Å². The molecule has 106 valence electrons. The van der Waals surface area contributed by atoms with Crippen molar-refractivity contribution in [3.8, 4) is 0 Å². The van der Waals surface area contributed by atoms with Crippen molar-refractivity contribution in [2.75, 3.05) is 13.1 Å². The Bertz CT molecular complexity index is 286. The first-order valence-corrected chi connectivity index (χ1v) is 6.39. The van der Waals surface area contributed by atoms with Crippen LogP contribution in [0.15, 0.2) is 0 Å². The van der Waals surface area contributed by atoms with E-state index in [0.29, 0.717) is 6.42 Å². The van der Waals surface area contributed by atoms with Crippen LogP contribution in [0, 0.1) is 0 Å². The van der Waals surface area contributed by atoms with Crippen molar-refractivity contribution in [3.63, 3.8) is 0 Å². The Morgan fingerprint density at radius 3 is 2.33 bits per heavy atom. The van der Waals surface area contributed by atoms with Gasteiger partial charge in [-0.25, -0.2) is 0 Å². The zero-order valence-electron chi connectivity index (χ0n) is 10.7. The lowest BCUT2D eigenvalue weighted by Gasteiger charge is -2.29. The summed E-state index contributed by atoms with van der Waals surface area (Å²) in [5.41, 5.74) is 5.44. The number of nitrogens with two attached hydrogens (primary N) is 1. The number of hydrogen-bond acceptors (Lipinski definition) is 2. The highest BCUT2D eigenvalue weighted by Crippen LogP contribution is 2.31. The van der Waals surface area contributed by atoms with Gasteiger partial charge in [0.2, 0.25) is 5.91 Å². The third-order valence-electron chi connectivity index (χ3n) is 3.32. The van der Waals surface area contributed by atoms with Crippen LogP contribution in [-0.2, 0) is 4.79 Å². The second kappa shape index (κ2) is 5.91. The summed E-state index contributed by atoms with van der Waals surface area (Å²) in [6.45, 7) is 0.717. The van der Waals surface area contributed by atoms with E-state index in [1.807, 2.05) is 0 Å². The van der Waals surface area contributed by atoms with Gasteiger partial charge in [0.05, 0.1) is 0 Å². The molecule has 6 heteroatoms. The minimum atomic E-state index is -4.34. The fourth-order valence-corrected chi connectivity index (χ4v) is 2.45. The van der Waals surface area contributed by atoms with E-state index in [2.05, 4.69) is 0 Å². The normalized spacial score (nSPS) is 18.9. The van der Waals surface area contributed by atoms with E-state index in [9.17, 15) is 18.0 Å². The number of nitrogens with zero attached hydrogens (tertiary/aromatic N) is 1. The van der Waals surface area contributed by atoms with Gasteiger partial charge < -0.3 is 10.6 Å². The van der Waals surface area contributed by atoms with Crippen molar-refractivity contribution in [3.05, 3.63) is 0 Å². The van der Waals surface area contributed by atoms with Gasteiger partial charge in [0.15, 0.2) is 0 Å². The highest BCUT2D eigenvalue weighted by molar-refractivity contribution is 5.77. The molecule has 0 atom stereocenters. The Hall–Kier alpha value is -0.780. The molecule has 0 saturated heterocycles. The smallest absolute Gasteiger partial charge is 0.334 e. The second-order valence-corrected chi connectivity index (χ2v) is 5.18. The van der Waals surface area contributed by atoms with Gasteiger partial charge in [0.25, 0.3) is 0 Å². The summed E-state index contributed by atoms with van der Waals surface area (Å²) in [6, 6.07) is 0. The average Bonchev–Trinajstić information content (AvgIpc) is 2.62. The van der Waals surface area contributed by atoms with Gasteiger partial charge in [-0.05, 0) is 19.3 Å². The molecule has 0 bridgehead atoms. The molecule has 1 rings (SSSR count). The predicted octanol–water partition coefficient (Wildman–Crippen LogP) is 2.45. The molecule has 1 fully saturated rings. The molecule has 1 saturated carbocycles. The minimum Gasteiger partial charge on any atom is -0.334 e. The lowest BCUT2D eigenvalue weighted by Crippen LogP contribution is -2.46. The second-order valence-electron chi connectivity index (χ2n) is 5.18. The molecular formula is C12H21F3N2O. The molecule has 0 aliphatic heterocycles. The van der Waals surface area contributed by atoms with Crippen LogP contribution >= 0.6 is 0 Å². The Kier molecular flexibility index (Phi) is 5.01. The number of hydrogen-bond donors (Lipinski definition) is 1. The Balaban J connectivity index is 2.59. The largest absolute Gasteiger partial charge is 0.406 e.